The van der Waals surface area contributed by atoms with Gasteiger partial charge in [0, 0.05) is 31.7 Å². The minimum absolute atomic E-state index is 0.261. The first-order chi connectivity index (χ1) is 9.77. The van der Waals surface area contributed by atoms with E-state index >= 15 is 0 Å². The van der Waals surface area contributed by atoms with Crippen molar-refractivity contribution in [1.29, 1.82) is 0 Å². The molecule has 1 saturated heterocycles. The summed E-state index contributed by atoms with van der Waals surface area (Å²) in [6.45, 7) is 3.38. The Balaban J connectivity index is 2.03. The second-order valence-electron chi connectivity index (χ2n) is 4.88. The fourth-order valence-corrected chi connectivity index (χ4v) is 2.67. The van der Waals surface area contributed by atoms with Crippen LogP contribution in [0.4, 0.5) is 4.39 Å². The third-order valence-electron chi connectivity index (χ3n) is 3.64. The zero-order chi connectivity index (χ0) is 13.9. The van der Waals surface area contributed by atoms with Gasteiger partial charge in [0.2, 0.25) is 0 Å². The number of hydrogen-bond acceptors (Lipinski definition) is 4. The lowest BCUT2D eigenvalue weighted by atomic mass is 10.0. The second-order valence-corrected chi connectivity index (χ2v) is 4.88. The minimum atomic E-state index is -0.603. The number of aromatic hydroxyl groups is 1. The highest BCUT2D eigenvalue weighted by Crippen LogP contribution is 2.35. The van der Waals surface area contributed by atoms with Gasteiger partial charge in [-0.1, -0.05) is 12.1 Å². The van der Waals surface area contributed by atoms with Crippen LogP contribution in [0, 0.1) is 5.82 Å². The fraction of sp³-hybridized carbons (Fsp3) is 0.333. The third-order valence-corrected chi connectivity index (χ3v) is 3.64. The minimum Gasteiger partial charge on any atom is -0.505 e. The number of phenols is 1. The van der Waals surface area contributed by atoms with Gasteiger partial charge in [-0.3, -0.25) is 4.90 Å². The maximum absolute atomic E-state index is 13.6. The van der Waals surface area contributed by atoms with Crippen molar-refractivity contribution >= 4 is 0 Å². The van der Waals surface area contributed by atoms with Crippen LogP contribution in [0.5, 0.6) is 5.75 Å². The van der Waals surface area contributed by atoms with Crippen molar-refractivity contribution < 1.29 is 13.9 Å². The van der Waals surface area contributed by atoms with E-state index in [1.165, 1.54) is 6.07 Å². The molecule has 0 saturated carbocycles. The van der Waals surface area contributed by atoms with Crippen LogP contribution in [0.25, 0.3) is 0 Å². The predicted octanol–water partition coefficient (Wildman–Crippen LogP) is 2.12. The summed E-state index contributed by atoms with van der Waals surface area (Å²) in [7, 11) is 0. The molecule has 0 aliphatic carbocycles. The Morgan fingerprint density at radius 1 is 1.20 bits per heavy atom. The van der Waals surface area contributed by atoms with Crippen LogP contribution >= 0.6 is 0 Å². The Kier molecular flexibility index (Phi) is 3.71. The van der Waals surface area contributed by atoms with Crippen LogP contribution in [-0.4, -0.2) is 36.2 Å². The van der Waals surface area contributed by atoms with Crippen molar-refractivity contribution in [3.8, 4) is 5.75 Å². The summed E-state index contributed by atoms with van der Waals surface area (Å²) >= 11 is 0. The number of hydrogen-bond donors (Lipinski definition) is 2. The van der Waals surface area contributed by atoms with E-state index < -0.39 is 5.82 Å². The van der Waals surface area contributed by atoms with E-state index in [-0.39, 0.29) is 11.8 Å². The first-order valence-electron chi connectivity index (χ1n) is 6.73. The zero-order valence-corrected chi connectivity index (χ0v) is 11.1. The summed E-state index contributed by atoms with van der Waals surface area (Å²) < 4.78 is 19.1. The highest BCUT2D eigenvalue weighted by atomic mass is 19.1. The van der Waals surface area contributed by atoms with Gasteiger partial charge in [-0.15, -0.1) is 0 Å². The van der Waals surface area contributed by atoms with Gasteiger partial charge in [-0.2, -0.15) is 0 Å². The predicted molar refractivity (Wildman–Crippen MR) is 73.1 cm³/mol. The number of nitrogens with zero attached hydrogens (tertiary/aromatic N) is 1. The van der Waals surface area contributed by atoms with Gasteiger partial charge in [-0.25, -0.2) is 4.39 Å². The molecule has 2 aromatic rings. The Hall–Kier alpha value is -1.85. The molecule has 5 heteroatoms. The van der Waals surface area contributed by atoms with Crippen molar-refractivity contribution in [3.05, 3.63) is 53.7 Å². The number of nitrogens with one attached hydrogen (secondary N) is 1. The van der Waals surface area contributed by atoms with E-state index in [1.807, 2.05) is 6.07 Å². The summed E-state index contributed by atoms with van der Waals surface area (Å²) in [4.78, 5) is 2.18. The van der Waals surface area contributed by atoms with Gasteiger partial charge in [0.05, 0.1) is 12.3 Å². The van der Waals surface area contributed by atoms with Crippen molar-refractivity contribution in [2.75, 3.05) is 26.2 Å². The molecular formula is C15H17FN2O2. The molecule has 3 rings (SSSR count). The lowest BCUT2D eigenvalue weighted by molar-refractivity contribution is 0.177. The molecule has 1 aromatic carbocycles. The van der Waals surface area contributed by atoms with Gasteiger partial charge in [0.15, 0.2) is 11.6 Å². The normalized spacial score (nSPS) is 18.1. The maximum atomic E-state index is 13.6. The summed E-state index contributed by atoms with van der Waals surface area (Å²) in [6, 6.07) is 8.02. The van der Waals surface area contributed by atoms with Crippen LogP contribution in [-0.2, 0) is 0 Å². The van der Waals surface area contributed by atoms with E-state index in [0.717, 1.165) is 26.2 Å². The largest absolute Gasteiger partial charge is 0.505 e. The van der Waals surface area contributed by atoms with E-state index in [1.54, 1.807) is 24.5 Å². The van der Waals surface area contributed by atoms with Crippen LogP contribution in [0.2, 0.25) is 0 Å². The van der Waals surface area contributed by atoms with Gasteiger partial charge < -0.3 is 14.8 Å². The van der Waals surface area contributed by atoms with E-state index in [4.69, 9.17) is 4.42 Å². The summed E-state index contributed by atoms with van der Waals surface area (Å²) in [6.07, 6.45) is 1.60. The quantitative estimate of drug-likeness (QED) is 0.901. The van der Waals surface area contributed by atoms with Gasteiger partial charge >= 0.3 is 0 Å². The molecule has 0 unspecified atom stereocenters. The highest BCUT2D eigenvalue weighted by Gasteiger charge is 2.28. The standard InChI is InChI=1S/C15H17FN2O2/c16-12-4-1-3-11(15(12)19)14(13-5-2-10-20-13)18-8-6-17-7-9-18/h1-5,10,14,17,19H,6-9H2/t14-/m0/s1. The molecule has 106 valence electrons. The summed E-state index contributed by atoms with van der Waals surface area (Å²) in [5, 5.41) is 13.3. The van der Waals surface area contributed by atoms with Crippen LogP contribution in [0.15, 0.2) is 41.0 Å². The van der Waals surface area contributed by atoms with Crippen molar-refractivity contribution in [1.82, 2.24) is 10.2 Å². The van der Waals surface area contributed by atoms with Crippen LogP contribution in [0.3, 0.4) is 0 Å². The van der Waals surface area contributed by atoms with E-state index in [2.05, 4.69) is 10.2 Å². The van der Waals surface area contributed by atoms with E-state index in [0.29, 0.717) is 11.3 Å². The molecule has 0 spiro atoms. The molecule has 0 bridgehead atoms. The summed E-state index contributed by atoms with van der Waals surface area (Å²) in [5.74, 6) is -0.186. The summed E-state index contributed by atoms with van der Waals surface area (Å²) in [5.41, 5.74) is 0.543. The average Bonchev–Trinajstić information content (AvgIpc) is 2.99. The van der Waals surface area contributed by atoms with Gasteiger partial charge in [0.25, 0.3) is 0 Å². The lowest BCUT2D eigenvalue weighted by Gasteiger charge is -2.34. The SMILES string of the molecule is Oc1c(F)cccc1[C@@H](c1ccco1)N1CCNCC1. The molecule has 2 N–H and O–H groups in total. The van der Waals surface area contributed by atoms with Crippen molar-refractivity contribution in [2.45, 2.75) is 6.04 Å². The van der Waals surface area contributed by atoms with Gasteiger partial charge in [0.1, 0.15) is 5.76 Å². The molecule has 1 aliphatic heterocycles. The molecule has 0 radical (unpaired) electrons. The topological polar surface area (TPSA) is 48.6 Å². The zero-order valence-electron chi connectivity index (χ0n) is 11.1. The Bertz CT molecular complexity index is 565. The monoisotopic (exact) mass is 276 g/mol. The molecule has 1 aliphatic rings. The van der Waals surface area contributed by atoms with Crippen LogP contribution in [0.1, 0.15) is 17.4 Å². The fourth-order valence-electron chi connectivity index (χ4n) is 2.67. The number of furan rings is 1. The number of piperazine rings is 1. The molecule has 4 nitrogen and oxygen atoms in total. The number of benzene rings is 1. The molecule has 0 amide bonds. The number of phenolic OH excluding ortho intramolecular Hbond substituents is 1. The smallest absolute Gasteiger partial charge is 0.165 e. The molecule has 20 heavy (non-hydrogen) atoms. The number of para-hydroxylation sites is 1. The van der Waals surface area contributed by atoms with Gasteiger partial charge in [-0.05, 0) is 18.2 Å². The Morgan fingerprint density at radius 2 is 2.00 bits per heavy atom. The molecule has 1 aromatic heterocycles. The van der Waals surface area contributed by atoms with Crippen molar-refractivity contribution in [2.24, 2.45) is 0 Å². The first kappa shape index (κ1) is 13.1. The molecule has 1 atom stereocenters. The number of rotatable bonds is 3. The molecular weight excluding hydrogens is 259 g/mol. The Morgan fingerprint density at radius 3 is 2.70 bits per heavy atom. The average molecular weight is 276 g/mol. The second kappa shape index (κ2) is 5.64. The third kappa shape index (κ3) is 2.42. The first-order valence-corrected chi connectivity index (χ1v) is 6.73. The van der Waals surface area contributed by atoms with Crippen molar-refractivity contribution in [3.63, 3.8) is 0 Å². The highest BCUT2D eigenvalue weighted by molar-refractivity contribution is 5.39. The molecule has 2 heterocycles. The number of halogens is 1. The lowest BCUT2D eigenvalue weighted by Crippen LogP contribution is -2.45. The Labute approximate surface area is 116 Å². The molecule has 1 fully saturated rings. The van der Waals surface area contributed by atoms with Crippen LogP contribution < -0.4 is 5.32 Å². The van der Waals surface area contributed by atoms with E-state index in [9.17, 15) is 9.50 Å². The maximum Gasteiger partial charge on any atom is 0.165 e.